The van der Waals surface area contributed by atoms with Crippen molar-refractivity contribution in [1.29, 1.82) is 0 Å². The standard InChI is InChI=1S/C23H44O2/c1-4-6-7-8-9-10-11-12-13-14-15-16-17-18-19-21-23(24)25-22(3)20-5-2/h12-13,22H,4-11,14-21H2,1-3H3. The van der Waals surface area contributed by atoms with E-state index >= 15 is 0 Å². The smallest absolute Gasteiger partial charge is 0.306 e. The molecule has 148 valence electrons. The second-order valence-electron chi connectivity index (χ2n) is 7.42. The third kappa shape index (κ3) is 19.4. The molecule has 1 unspecified atom stereocenters. The normalized spacial score (nSPS) is 12.6. The van der Waals surface area contributed by atoms with E-state index in [0.29, 0.717) is 6.42 Å². The highest BCUT2D eigenvalue weighted by atomic mass is 16.5. The summed E-state index contributed by atoms with van der Waals surface area (Å²) in [4.78, 5) is 11.6. The van der Waals surface area contributed by atoms with Crippen molar-refractivity contribution in [3.05, 3.63) is 12.2 Å². The average Bonchev–Trinajstić information content (AvgIpc) is 2.58. The second kappa shape index (κ2) is 19.5. The molecular formula is C23H44O2. The summed E-state index contributed by atoms with van der Waals surface area (Å²) in [6, 6.07) is 0. The highest BCUT2D eigenvalue weighted by Crippen LogP contribution is 2.11. The van der Waals surface area contributed by atoms with Crippen molar-refractivity contribution in [1.82, 2.24) is 0 Å². The molecule has 0 aromatic heterocycles. The van der Waals surface area contributed by atoms with Crippen LogP contribution in [0.15, 0.2) is 12.2 Å². The number of carbonyl (C=O) groups is 1. The Bertz CT molecular complexity index is 309. The molecule has 0 saturated carbocycles. The fourth-order valence-electron chi connectivity index (χ4n) is 3.09. The summed E-state index contributed by atoms with van der Waals surface area (Å²) in [7, 11) is 0. The van der Waals surface area contributed by atoms with Crippen molar-refractivity contribution in [2.45, 2.75) is 130 Å². The Morgan fingerprint density at radius 2 is 1.28 bits per heavy atom. The van der Waals surface area contributed by atoms with E-state index in [2.05, 4.69) is 26.0 Å². The molecule has 0 spiro atoms. The Kier molecular flexibility index (Phi) is 18.9. The van der Waals surface area contributed by atoms with Gasteiger partial charge in [-0.3, -0.25) is 4.79 Å². The molecule has 0 N–H and O–H groups in total. The molecule has 0 aliphatic heterocycles. The van der Waals surface area contributed by atoms with E-state index in [1.807, 2.05) is 6.92 Å². The van der Waals surface area contributed by atoms with Gasteiger partial charge in [0.25, 0.3) is 0 Å². The lowest BCUT2D eigenvalue weighted by Crippen LogP contribution is -2.14. The van der Waals surface area contributed by atoms with Gasteiger partial charge in [-0.15, -0.1) is 0 Å². The van der Waals surface area contributed by atoms with E-state index in [0.717, 1.165) is 25.7 Å². The zero-order chi connectivity index (χ0) is 18.6. The summed E-state index contributed by atoms with van der Waals surface area (Å²) in [5.41, 5.74) is 0. The highest BCUT2D eigenvalue weighted by Gasteiger charge is 2.07. The van der Waals surface area contributed by atoms with Gasteiger partial charge in [-0.2, -0.15) is 0 Å². The minimum absolute atomic E-state index is 0.0152. The van der Waals surface area contributed by atoms with Crippen LogP contribution < -0.4 is 0 Å². The SMILES string of the molecule is CCCCCCCCC=CCCCCCCCC(=O)OC(C)CCC. The molecule has 1 atom stereocenters. The summed E-state index contributed by atoms with van der Waals surface area (Å²) < 4.78 is 5.36. The second-order valence-corrected chi connectivity index (χ2v) is 7.42. The molecular weight excluding hydrogens is 308 g/mol. The van der Waals surface area contributed by atoms with Crippen LogP contribution in [0.4, 0.5) is 0 Å². The molecule has 0 aromatic carbocycles. The van der Waals surface area contributed by atoms with Gasteiger partial charge in [-0.1, -0.05) is 83.8 Å². The minimum Gasteiger partial charge on any atom is -0.463 e. The molecule has 0 aromatic rings. The number of unbranched alkanes of at least 4 members (excludes halogenated alkanes) is 11. The van der Waals surface area contributed by atoms with Crippen LogP contribution in [0.5, 0.6) is 0 Å². The third-order valence-electron chi connectivity index (χ3n) is 4.67. The van der Waals surface area contributed by atoms with Gasteiger partial charge in [0, 0.05) is 6.42 Å². The fraction of sp³-hybridized carbons (Fsp3) is 0.870. The van der Waals surface area contributed by atoms with Gasteiger partial charge in [0.15, 0.2) is 0 Å². The Morgan fingerprint density at radius 3 is 1.84 bits per heavy atom. The van der Waals surface area contributed by atoms with Crippen LogP contribution in [-0.4, -0.2) is 12.1 Å². The van der Waals surface area contributed by atoms with Crippen LogP contribution in [-0.2, 0) is 9.53 Å². The molecule has 0 heterocycles. The van der Waals surface area contributed by atoms with Crippen molar-refractivity contribution in [3.8, 4) is 0 Å². The molecule has 2 heteroatoms. The van der Waals surface area contributed by atoms with Gasteiger partial charge in [0.2, 0.25) is 0 Å². The Morgan fingerprint density at radius 1 is 0.760 bits per heavy atom. The zero-order valence-corrected chi connectivity index (χ0v) is 17.4. The third-order valence-corrected chi connectivity index (χ3v) is 4.67. The number of carbonyl (C=O) groups excluding carboxylic acids is 1. The molecule has 0 rings (SSSR count). The van der Waals surface area contributed by atoms with Gasteiger partial charge in [-0.25, -0.2) is 0 Å². The molecule has 0 saturated heterocycles. The number of rotatable bonds is 18. The number of esters is 1. The van der Waals surface area contributed by atoms with Crippen LogP contribution >= 0.6 is 0 Å². The lowest BCUT2D eigenvalue weighted by atomic mass is 10.1. The molecule has 2 nitrogen and oxygen atoms in total. The average molecular weight is 353 g/mol. The van der Waals surface area contributed by atoms with Crippen LogP contribution in [0, 0.1) is 0 Å². The maximum Gasteiger partial charge on any atom is 0.306 e. The lowest BCUT2D eigenvalue weighted by molar-refractivity contribution is -0.148. The van der Waals surface area contributed by atoms with E-state index in [1.165, 1.54) is 70.6 Å². The van der Waals surface area contributed by atoms with Gasteiger partial charge in [-0.05, 0) is 45.4 Å². The van der Waals surface area contributed by atoms with Gasteiger partial charge in [0.1, 0.15) is 0 Å². The predicted molar refractivity (Wildman–Crippen MR) is 110 cm³/mol. The fourth-order valence-corrected chi connectivity index (χ4v) is 3.09. The first-order chi connectivity index (χ1) is 12.2. The van der Waals surface area contributed by atoms with E-state index in [4.69, 9.17) is 4.74 Å². The summed E-state index contributed by atoms with van der Waals surface area (Å²) in [5.74, 6) is -0.0152. The van der Waals surface area contributed by atoms with Crippen LogP contribution in [0.3, 0.4) is 0 Å². The van der Waals surface area contributed by atoms with Crippen molar-refractivity contribution in [2.24, 2.45) is 0 Å². The molecule has 0 aliphatic rings. The van der Waals surface area contributed by atoms with Crippen molar-refractivity contribution in [3.63, 3.8) is 0 Å². The van der Waals surface area contributed by atoms with Crippen LogP contribution in [0.1, 0.15) is 124 Å². The minimum atomic E-state index is -0.0152. The van der Waals surface area contributed by atoms with Crippen LogP contribution in [0.2, 0.25) is 0 Å². The largest absolute Gasteiger partial charge is 0.463 e. The van der Waals surface area contributed by atoms with Crippen LogP contribution in [0.25, 0.3) is 0 Å². The first-order valence-electron chi connectivity index (χ1n) is 11.0. The Hall–Kier alpha value is -0.790. The van der Waals surface area contributed by atoms with Crippen molar-refractivity contribution in [2.75, 3.05) is 0 Å². The molecule has 0 fully saturated rings. The van der Waals surface area contributed by atoms with E-state index in [1.54, 1.807) is 0 Å². The molecule has 0 radical (unpaired) electrons. The summed E-state index contributed by atoms with van der Waals surface area (Å²) in [6.45, 7) is 6.38. The first-order valence-corrected chi connectivity index (χ1v) is 11.0. The topological polar surface area (TPSA) is 26.3 Å². The van der Waals surface area contributed by atoms with Crippen molar-refractivity contribution < 1.29 is 9.53 Å². The highest BCUT2D eigenvalue weighted by molar-refractivity contribution is 5.69. The molecule has 0 bridgehead atoms. The van der Waals surface area contributed by atoms with Gasteiger partial charge >= 0.3 is 5.97 Å². The Labute approximate surface area is 157 Å². The Balaban J connectivity index is 3.25. The number of allylic oxidation sites excluding steroid dienone is 2. The molecule has 0 aliphatic carbocycles. The number of ether oxygens (including phenoxy) is 1. The summed E-state index contributed by atoms with van der Waals surface area (Å²) in [5, 5.41) is 0. The maximum atomic E-state index is 11.6. The lowest BCUT2D eigenvalue weighted by Gasteiger charge is -2.11. The first kappa shape index (κ1) is 24.2. The van der Waals surface area contributed by atoms with Gasteiger partial charge < -0.3 is 4.74 Å². The van der Waals surface area contributed by atoms with E-state index in [-0.39, 0.29) is 12.1 Å². The monoisotopic (exact) mass is 352 g/mol. The van der Waals surface area contributed by atoms with Crippen molar-refractivity contribution >= 4 is 5.97 Å². The predicted octanol–water partition coefficient (Wildman–Crippen LogP) is 7.76. The maximum absolute atomic E-state index is 11.6. The quantitative estimate of drug-likeness (QED) is 0.143. The zero-order valence-electron chi connectivity index (χ0n) is 17.4. The van der Waals surface area contributed by atoms with E-state index < -0.39 is 0 Å². The van der Waals surface area contributed by atoms with E-state index in [9.17, 15) is 4.79 Å². The number of hydrogen-bond donors (Lipinski definition) is 0. The summed E-state index contributed by atoms with van der Waals surface area (Å²) in [6.07, 6.45) is 24.1. The number of hydrogen-bond acceptors (Lipinski definition) is 2. The molecule has 25 heavy (non-hydrogen) atoms. The van der Waals surface area contributed by atoms with Gasteiger partial charge in [0.05, 0.1) is 6.10 Å². The molecule has 0 amide bonds. The summed E-state index contributed by atoms with van der Waals surface area (Å²) >= 11 is 0.